The number of benzene rings is 2. The van der Waals surface area contributed by atoms with Crippen LogP contribution in [0.5, 0.6) is 5.75 Å². The monoisotopic (exact) mass is 413 g/mol. The van der Waals surface area contributed by atoms with Crippen LogP contribution in [0.3, 0.4) is 0 Å². The van der Waals surface area contributed by atoms with E-state index in [1.165, 1.54) is 26.3 Å². The molecule has 1 amide bonds. The quantitative estimate of drug-likeness (QED) is 0.722. The third kappa shape index (κ3) is 4.91. The van der Waals surface area contributed by atoms with E-state index in [4.69, 9.17) is 10.5 Å². The van der Waals surface area contributed by atoms with Gasteiger partial charge in [0.15, 0.2) is 0 Å². The number of methoxy groups -OCH3 is 1. The van der Waals surface area contributed by atoms with Crippen LogP contribution >= 0.6 is 12.4 Å². The average molecular weight is 414 g/mol. The van der Waals surface area contributed by atoms with Gasteiger partial charge < -0.3 is 15.8 Å². The van der Waals surface area contributed by atoms with Crippen LogP contribution in [0.2, 0.25) is 0 Å². The van der Waals surface area contributed by atoms with E-state index in [1.807, 2.05) is 0 Å². The highest BCUT2D eigenvalue weighted by molar-refractivity contribution is 7.92. The van der Waals surface area contributed by atoms with E-state index in [1.54, 1.807) is 37.3 Å². The Balaban J connectivity index is 0.00000364. The molecule has 0 saturated heterocycles. The van der Waals surface area contributed by atoms with Gasteiger partial charge in [-0.15, -0.1) is 12.4 Å². The van der Waals surface area contributed by atoms with E-state index < -0.39 is 10.0 Å². The van der Waals surface area contributed by atoms with Crippen molar-refractivity contribution < 1.29 is 17.9 Å². The predicted octanol–water partition coefficient (Wildman–Crippen LogP) is 1.94. The van der Waals surface area contributed by atoms with Crippen molar-refractivity contribution in [1.29, 1.82) is 0 Å². The molecule has 0 unspecified atom stereocenters. The van der Waals surface area contributed by atoms with Crippen molar-refractivity contribution in [2.45, 2.75) is 11.8 Å². The van der Waals surface area contributed by atoms with Crippen LogP contribution in [0.4, 0.5) is 5.69 Å². The van der Waals surface area contributed by atoms with Gasteiger partial charge in [0, 0.05) is 25.7 Å². The molecule has 0 radical (unpaired) electrons. The molecule has 9 heteroatoms. The Morgan fingerprint density at radius 1 is 1.22 bits per heavy atom. The Bertz CT molecular complexity index is 903. The first-order chi connectivity index (χ1) is 12.3. The first-order valence-electron chi connectivity index (χ1n) is 8.03. The Kier molecular flexibility index (Phi) is 8.08. The largest absolute Gasteiger partial charge is 0.495 e. The van der Waals surface area contributed by atoms with Gasteiger partial charge in [0.25, 0.3) is 15.9 Å². The summed E-state index contributed by atoms with van der Waals surface area (Å²) >= 11 is 0. The van der Waals surface area contributed by atoms with Crippen molar-refractivity contribution in [3.63, 3.8) is 0 Å². The molecule has 2 aromatic carbocycles. The van der Waals surface area contributed by atoms with Crippen LogP contribution in [0.25, 0.3) is 0 Å². The first kappa shape index (κ1) is 22.8. The number of hydrogen-bond donors (Lipinski definition) is 2. The lowest BCUT2D eigenvalue weighted by molar-refractivity contribution is 0.0954. The lowest BCUT2D eigenvalue weighted by Gasteiger charge is -2.22. The normalized spacial score (nSPS) is 10.7. The van der Waals surface area contributed by atoms with Crippen molar-refractivity contribution in [3.05, 3.63) is 53.6 Å². The molecule has 0 aliphatic rings. The van der Waals surface area contributed by atoms with Crippen LogP contribution in [-0.2, 0) is 10.0 Å². The standard InChI is InChI=1S/C18H23N3O4S.ClH/c1-13-8-9-14(12-15(13)18(22)20-11-10-19)26(23,24)21(2)16-6-4-5-7-17(16)25-3;/h4-9,12H,10-11,19H2,1-3H3,(H,20,22);1H. The van der Waals surface area contributed by atoms with Gasteiger partial charge in [-0.1, -0.05) is 18.2 Å². The second kappa shape index (κ2) is 9.59. The summed E-state index contributed by atoms with van der Waals surface area (Å²) in [5, 5.41) is 2.65. The number of carbonyl (C=O) groups is 1. The molecule has 27 heavy (non-hydrogen) atoms. The first-order valence-corrected chi connectivity index (χ1v) is 9.47. The maximum Gasteiger partial charge on any atom is 0.264 e. The molecular formula is C18H24ClN3O4S. The SMILES string of the molecule is COc1ccccc1N(C)S(=O)(=O)c1ccc(C)c(C(=O)NCCN)c1.Cl. The minimum Gasteiger partial charge on any atom is -0.495 e. The zero-order valence-corrected chi connectivity index (χ0v) is 17.1. The van der Waals surface area contributed by atoms with Crippen molar-refractivity contribution in [3.8, 4) is 5.75 Å². The molecule has 0 bridgehead atoms. The highest BCUT2D eigenvalue weighted by atomic mass is 35.5. The van der Waals surface area contributed by atoms with Crippen LogP contribution in [0.1, 0.15) is 15.9 Å². The van der Waals surface area contributed by atoms with E-state index in [0.717, 1.165) is 4.31 Å². The third-order valence-electron chi connectivity index (χ3n) is 3.97. The molecule has 0 spiro atoms. The van der Waals surface area contributed by atoms with E-state index >= 15 is 0 Å². The number of halogens is 1. The fourth-order valence-electron chi connectivity index (χ4n) is 2.46. The smallest absolute Gasteiger partial charge is 0.264 e. The van der Waals surface area contributed by atoms with Gasteiger partial charge in [0.1, 0.15) is 5.75 Å². The maximum atomic E-state index is 13.0. The molecule has 3 N–H and O–H groups in total. The van der Waals surface area contributed by atoms with E-state index in [2.05, 4.69) is 5.32 Å². The molecule has 0 saturated carbocycles. The minimum atomic E-state index is -3.87. The van der Waals surface area contributed by atoms with Gasteiger partial charge in [0.2, 0.25) is 0 Å². The van der Waals surface area contributed by atoms with Gasteiger partial charge >= 0.3 is 0 Å². The third-order valence-corrected chi connectivity index (χ3v) is 5.73. The number of carbonyl (C=O) groups excluding carboxylic acids is 1. The molecule has 2 aromatic rings. The number of nitrogens with one attached hydrogen (secondary N) is 1. The van der Waals surface area contributed by atoms with Gasteiger partial charge in [-0.3, -0.25) is 9.10 Å². The van der Waals surface area contributed by atoms with Gasteiger partial charge in [0.05, 0.1) is 17.7 Å². The van der Waals surface area contributed by atoms with E-state index in [0.29, 0.717) is 35.7 Å². The number of amides is 1. The van der Waals surface area contributed by atoms with Gasteiger partial charge in [-0.05, 0) is 36.8 Å². The molecular weight excluding hydrogens is 390 g/mol. The summed E-state index contributed by atoms with van der Waals surface area (Å²) in [5.74, 6) is 0.0801. The molecule has 148 valence electrons. The Hall–Kier alpha value is -2.29. The minimum absolute atomic E-state index is 0. The maximum absolute atomic E-state index is 13.0. The summed E-state index contributed by atoms with van der Waals surface area (Å²) in [6, 6.07) is 11.3. The van der Waals surface area contributed by atoms with Crippen LogP contribution in [0.15, 0.2) is 47.4 Å². The summed E-state index contributed by atoms with van der Waals surface area (Å²) in [5.41, 5.74) is 6.78. The molecule has 2 rings (SSSR count). The number of rotatable bonds is 7. The summed E-state index contributed by atoms with van der Waals surface area (Å²) in [4.78, 5) is 12.3. The van der Waals surface area contributed by atoms with E-state index in [-0.39, 0.29) is 23.2 Å². The summed E-state index contributed by atoms with van der Waals surface area (Å²) in [6.45, 7) is 2.37. The number of para-hydroxylation sites is 2. The summed E-state index contributed by atoms with van der Waals surface area (Å²) in [7, 11) is -0.946. The number of sulfonamides is 1. The second-order valence-electron chi connectivity index (χ2n) is 5.67. The molecule has 0 heterocycles. The van der Waals surface area contributed by atoms with Crippen LogP contribution in [-0.4, -0.2) is 41.6 Å². The van der Waals surface area contributed by atoms with Crippen LogP contribution in [0, 0.1) is 6.92 Å². The fraction of sp³-hybridized carbons (Fsp3) is 0.278. The van der Waals surface area contributed by atoms with Crippen molar-refractivity contribution >= 4 is 34.0 Å². The number of aryl methyl sites for hydroxylation is 1. The Morgan fingerprint density at radius 2 is 1.89 bits per heavy atom. The topological polar surface area (TPSA) is 102 Å². The van der Waals surface area contributed by atoms with Gasteiger partial charge in [-0.25, -0.2) is 8.42 Å². The zero-order chi connectivity index (χ0) is 19.3. The molecule has 7 nitrogen and oxygen atoms in total. The Morgan fingerprint density at radius 3 is 2.52 bits per heavy atom. The molecule has 0 fully saturated rings. The van der Waals surface area contributed by atoms with Crippen molar-refractivity contribution in [1.82, 2.24) is 5.32 Å². The lowest BCUT2D eigenvalue weighted by Crippen LogP contribution is -2.30. The molecule has 0 aliphatic heterocycles. The number of anilines is 1. The van der Waals surface area contributed by atoms with Gasteiger partial charge in [-0.2, -0.15) is 0 Å². The summed E-state index contributed by atoms with van der Waals surface area (Å²) < 4.78 is 32.4. The number of hydrogen-bond acceptors (Lipinski definition) is 5. The van der Waals surface area contributed by atoms with Crippen molar-refractivity contribution in [2.75, 3.05) is 31.6 Å². The highest BCUT2D eigenvalue weighted by Gasteiger charge is 2.25. The van der Waals surface area contributed by atoms with Crippen molar-refractivity contribution in [2.24, 2.45) is 5.73 Å². The number of nitrogens with zero attached hydrogens (tertiary/aromatic N) is 1. The number of ether oxygens (including phenoxy) is 1. The average Bonchev–Trinajstić information content (AvgIpc) is 2.65. The Labute approximate surface area is 166 Å². The zero-order valence-electron chi connectivity index (χ0n) is 15.4. The molecule has 0 atom stereocenters. The predicted molar refractivity (Wildman–Crippen MR) is 108 cm³/mol. The highest BCUT2D eigenvalue weighted by Crippen LogP contribution is 2.31. The second-order valence-corrected chi connectivity index (χ2v) is 7.63. The number of nitrogens with two attached hydrogens (primary N) is 1. The summed E-state index contributed by atoms with van der Waals surface area (Å²) in [6.07, 6.45) is 0. The fourth-order valence-corrected chi connectivity index (χ4v) is 3.70. The van der Waals surface area contributed by atoms with E-state index in [9.17, 15) is 13.2 Å². The van der Waals surface area contributed by atoms with Crippen LogP contribution < -0.4 is 20.1 Å². The molecule has 0 aromatic heterocycles. The molecule has 0 aliphatic carbocycles. The lowest BCUT2D eigenvalue weighted by atomic mass is 10.1.